The second kappa shape index (κ2) is 13.6. The number of nitrogens with one attached hydrogen (secondary N) is 1. The van der Waals surface area contributed by atoms with Gasteiger partial charge in [-0.2, -0.15) is 0 Å². The second-order valence-electron chi connectivity index (χ2n) is 11.7. The quantitative estimate of drug-likeness (QED) is 0.192. The average molecular weight is 617 g/mol. The van der Waals surface area contributed by atoms with E-state index in [2.05, 4.69) is 36.0 Å². The van der Waals surface area contributed by atoms with Gasteiger partial charge in [0, 0.05) is 46.3 Å². The molecule has 0 spiro atoms. The van der Waals surface area contributed by atoms with Crippen LogP contribution < -0.4 is 11.2 Å². The van der Waals surface area contributed by atoms with Crippen LogP contribution >= 0.6 is 48.9 Å². The minimum atomic E-state index is -0.282. The standard InChI is InChI=1S/C25H44N8O2S4/c1-8-29-14-18(34)31(22(29)35)16-24(3,4)10-12-28(7)21(38)27-33(20(26)37)13-11-25(5,6)17-32-19(36)15-30(9-2)23(32)39/h8-17H2,1-7H3,(H2,26,37)(H,27,38). The molecule has 2 aliphatic rings. The summed E-state index contributed by atoms with van der Waals surface area (Å²) in [5.74, 6) is -0.147. The Hall–Kier alpha value is -1.90. The Bertz CT molecular complexity index is 989. The second-order valence-corrected chi connectivity index (χ2v) is 13.4. The number of nitrogens with two attached hydrogens (primary N) is 1. The molecule has 0 aromatic heterocycles. The van der Waals surface area contributed by atoms with E-state index in [4.69, 9.17) is 54.6 Å². The molecule has 2 aliphatic heterocycles. The maximum Gasteiger partial charge on any atom is 0.327 e. The molecule has 0 unspecified atom stereocenters. The Morgan fingerprint density at radius 2 is 1.46 bits per heavy atom. The summed E-state index contributed by atoms with van der Waals surface area (Å²) in [5, 5.41) is 3.17. The fourth-order valence-corrected chi connectivity index (χ4v) is 5.49. The van der Waals surface area contributed by atoms with Crippen LogP contribution in [0.15, 0.2) is 0 Å². The molecule has 39 heavy (non-hydrogen) atoms. The van der Waals surface area contributed by atoms with Gasteiger partial charge < -0.3 is 25.3 Å². The summed E-state index contributed by atoms with van der Waals surface area (Å²) in [4.78, 5) is 34.7. The Balaban J connectivity index is 1.88. The lowest BCUT2D eigenvalue weighted by molar-refractivity contribution is -0.126. The summed E-state index contributed by atoms with van der Waals surface area (Å²) in [6.45, 7) is 16.9. The van der Waals surface area contributed by atoms with E-state index in [1.165, 1.54) is 4.90 Å². The van der Waals surface area contributed by atoms with E-state index < -0.39 is 0 Å². The zero-order valence-corrected chi connectivity index (χ0v) is 27.5. The molecule has 10 nitrogen and oxygen atoms in total. The number of hydrogen-bond acceptors (Lipinski definition) is 6. The van der Waals surface area contributed by atoms with Gasteiger partial charge in [0.15, 0.2) is 15.3 Å². The number of carbonyl (C=O) groups is 2. The predicted octanol–water partition coefficient (Wildman–Crippen LogP) is 2.62. The lowest BCUT2D eigenvalue weighted by atomic mass is 9.88. The number of amides is 3. The van der Waals surface area contributed by atoms with Crippen molar-refractivity contribution in [1.29, 1.82) is 0 Å². The third-order valence-electron chi connectivity index (χ3n) is 7.17. The van der Waals surface area contributed by atoms with Gasteiger partial charge in [0.1, 0.15) is 11.5 Å². The number of imide groups is 1. The molecule has 14 heteroatoms. The van der Waals surface area contributed by atoms with Crippen LogP contribution in [0.25, 0.3) is 0 Å². The molecule has 0 aromatic rings. The molecule has 2 saturated heterocycles. The van der Waals surface area contributed by atoms with Gasteiger partial charge in [0.2, 0.25) is 5.91 Å². The maximum absolute atomic E-state index is 12.5. The van der Waals surface area contributed by atoms with Gasteiger partial charge in [-0.25, -0.2) is 4.79 Å². The molecule has 2 fully saturated rings. The highest BCUT2D eigenvalue weighted by Crippen LogP contribution is 2.27. The third kappa shape index (κ3) is 9.05. The number of rotatable bonds is 12. The Labute approximate surface area is 255 Å². The minimum absolute atomic E-state index is 0.113. The minimum Gasteiger partial charge on any atom is -0.375 e. The molecule has 0 saturated carbocycles. The average Bonchev–Trinajstić information content (AvgIpc) is 3.28. The van der Waals surface area contributed by atoms with Gasteiger partial charge in [-0.15, -0.1) is 0 Å². The van der Waals surface area contributed by atoms with E-state index in [-0.39, 0.29) is 34.4 Å². The zero-order valence-electron chi connectivity index (χ0n) is 24.3. The summed E-state index contributed by atoms with van der Waals surface area (Å²) in [6.07, 6.45) is 1.50. The van der Waals surface area contributed by atoms with Crippen LogP contribution in [0.2, 0.25) is 0 Å². The summed E-state index contributed by atoms with van der Waals surface area (Å²) in [5.41, 5.74) is 8.81. The number of urea groups is 1. The monoisotopic (exact) mass is 616 g/mol. The number of hydrogen-bond donors (Lipinski definition) is 2. The fraction of sp³-hybridized carbons (Fsp3) is 0.760. The van der Waals surface area contributed by atoms with Crippen molar-refractivity contribution in [2.75, 3.05) is 59.4 Å². The Morgan fingerprint density at radius 3 is 1.95 bits per heavy atom. The first-order valence-corrected chi connectivity index (χ1v) is 14.9. The van der Waals surface area contributed by atoms with E-state index in [0.29, 0.717) is 44.4 Å². The number of likely N-dealkylation sites (N-methyl/N-ethyl adjacent to an activating group) is 2. The molecule has 220 valence electrons. The smallest absolute Gasteiger partial charge is 0.327 e. The molecule has 0 radical (unpaired) electrons. The number of thiocarbonyl (C=S) groups is 4. The first kappa shape index (κ1) is 33.3. The van der Waals surface area contributed by atoms with Gasteiger partial charge in [0.05, 0.1) is 6.54 Å². The van der Waals surface area contributed by atoms with Crippen LogP contribution in [0.1, 0.15) is 54.4 Å². The van der Waals surface area contributed by atoms with Gasteiger partial charge in [-0.3, -0.25) is 20.1 Å². The van der Waals surface area contributed by atoms with Crippen molar-refractivity contribution in [1.82, 2.24) is 34.9 Å². The van der Waals surface area contributed by atoms with Gasteiger partial charge in [-0.05, 0) is 74.2 Å². The van der Waals surface area contributed by atoms with Crippen molar-refractivity contribution < 1.29 is 9.59 Å². The first-order chi connectivity index (χ1) is 18.0. The van der Waals surface area contributed by atoms with Crippen molar-refractivity contribution in [2.45, 2.75) is 54.4 Å². The number of carbonyl (C=O) groups excluding carboxylic acids is 2. The third-order valence-corrected chi connectivity index (χ3v) is 8.62. The molecular weight excluding hydrogens is 573 g/mol. The van der Waals surface area contributed by atoms with E-state index in [9.17, 15) is 9.59 Å². The molecule has 2 heterocycles. The maximum atomic E-state index is 12.5. The lowest BCUT2D eigenvalue weighted by Gasteiger charge is -2.35. The molecule has 0 aromatic carbocycles. The number of hydrazine groups is 1. The normalized spacial score (nSPS) is 16.5. The molecule has 0 atom stereocenters. The van der Waals surface area contributed by atoms with Crippen molar-refractivity contribution in [2.24, 2.45) is 16.6 Å². The highest BCUT2D eigenvalue weighted by molar-refractivity contribution is 7.82. The van der Waals surface area contributed by atoms with Crippen LogP contribution in [0.4, 0.5) is 4.79 Å². The molecule has 3 N–H and O–H groups in total. The van der Waals surface area contributed by atoms with Crippen molar-refractivity contribution >= 4 is 81.1 Å². The zero-order chi connectivity index (χ0) is 29.7. The molecular formula is C25H44N8O2S4. The van der Waals surface area contributed by atoms with Crippen LogP contribution in [-0.4, -0.2) is 121 Å². The summed E-state index contributed by atoms with van der Waals surface area (Å²) >= 11 is 22.1. The molecule has 2 rings (SSSR count). The SMILES string of the molecule is CCN1CC(=O)N(CC(C)(C)CCN(C)C(=S)NN(CCC(C)(C)CN2C(=S)CN(CC)C2=S)C(N)=S)C1=O. The van der Waals surface area contributed by atoms with E-state index in [0.717, 1.165) is 29.5 Å². The van der Waals surface area contributed by atoms with Gasteiger partial charge >= 0.3 is 6.03 Å². The highest BCUT2D eigenvalue weighted by Gasteiger charge is 2.38. The van der Waals surface area contributed by atoms with Crippen molar-refractivity contribution in [3.63, 3.8) is 0 Å². The van der Waals surface area contributed by atoms with E-state index >= 15 is 0 Å². The molecule has 3 amide bonds. The highest BCUT2D eigenvalue weighted by atomic mass is 32.1. The van der Waals surface area contributed by atoms with Crippen LogP contribution in [0.3, 0.4) is 0 Å². The topological polar surface area (TPSA) is 91.6 Å². The van der Waals surface area contributed by atoms with Crippen LogP contribution in [-0.2, 0) is 4.79 Å². The van der Waals surface area contributed by atoms with E-state index in [1.807, 2.05) is 32.7 Å². The van der Waals surface area contributed by atoms with Crippen LogP contribution in [0, 0.1) is 10.8 Å². The Morgan fingerprint density at radius 1 is 0.923 bits per heavy atom. The summed E-state index contributed by atoms with van der Waals surface area (Å²) < 4.78 is 0. The fourth-order valence-electron chi connectivity index (χ4n) is 4.42. The van der Waals surface area contributed by atoms with Crippen LogP contribution in [0.5, 0.6) is 0 Å². The van der Waals surface area contributed by atoms with Crippen molar-refractivity contribution in [3.8, 4) is 0 Å². The van der Waals surface area contributed by atoms with Gasteiger partial charge in [-0.1, -0.05) is 39.9 Å². The number of nitrogens with zero attached hydrogens (tertiary/aromatic N) is 6. The largest absolute Gasteiger partial charge is 0.375 e. The predicted molar refractivity (Wildman–Crippen MR) is 172 cm³/mol. The summed E-state index contributed by atoms with van der Waals surface area (Å²) in [6, 6.07) is -0.216. The Kier molecular flexibility index (Phi) is 11.6. The molecule has 0 aliphatic carbocycles. The molecule has 0 bridgehead atoms. The lowest BCUT2D eigenvalue weighted by Crippen LogP contribution is -2.53. The van der Waals surface area contributed by atoms with Gasteiger partial charge in [0.25, 0.3) is 0 Å². The summed E-state index contributed by atoms with van der Waals surface area (Å²) in [7, 11) is 1.90. The first-order valence-electron chi connectivity index (χ1n) is 13.3. The van der Waals surface area contributed by atoms with E-state index in [1.54, 1.807) is 9.91 Å². The van der Waals surface area contributed by atoms with Crippen molar-refractivity contribution in [3.05, 3.63) is 0 Å².